The first-order chi connectivity index (χ1) is 27.9. The number of hydrogen-bond donors (Lipinski definition) is 0. The zero-order valence-corrected chi connectivity index (χ0v) is 32.1. The molecular weight excluding hydrogens is 716 g/mol. The van der Waals surface area contributed by atoms with Gasteiger partial charge in [0.15, 0.2) is 0 Å². The van der Waals surface area contributed by atoms with Crippen molar-refractivity contribution in [3.63, 3.8) is 0 Å². The van der Waals surface area contributed by atoms with Gasteiger partial charge in [-0.2, -0.15) is 0 Å². The van der Waals surface area contributed by atoms with Gasteiger partial charge in [0.05, 0.1) is 22.1 Å². The molecule has 0 radical (unpaired) electrons. The fraction of sp³-hybridized carbons (Fsp3) is 0.0588. The highest BCUT2D eigenvalue weighted by Gasteiger charge is 2.37. The van der Waals surface area contributed by atoms with Crippen LogP contribution in [0, 0.1) is 0 Å². The van der Waals surface area contributed by atoms with E-state index in [9.17, 15) is 0 Å². The molecule has 1 aliphatic rings. The lowest BCUT2D eigenvalue weighted by Gasteiger charge is -2.23. The maximum Gasteiger partial charge on any atom is 0.206 e. The Balaban J connectivity index is 1.17. The van der Waals surface area contributed by atoms with Crippen LogP contribution in [0.1, 0.15) is 25.0 Å². The lowest BCUT2D eigenvalue weighted by atomic mass is 9.81. The number of rotatable bonds is 3. The van der Waals surface area contributed by atoms with E-state index in [0.717, 1.165) is 48.7 Å². The molecule has 0 aliphatic heterocycles. The Labute approximate surface area is 328 Å². The van der Waals surface area contributed by atoms with Gasteiger partial charge in [-0.05, 0) is 97.0 Å². The molecule has 4 aromatic heterocycles. The van der Waals surface area contributed by atoms with Gasteiger partial charge in [0.25, 0.3) is 0 Å². The molecule has 0 unspecified atom stereocenters. The molecule has 4 heterocycles. The normalized spacial score (nSPS) is 13.6. The standard InChI is InChI=1S/C51H33N4OP/c1-51(2)43-14-6-5-13-38(43)42-28-40-36-12-4-3-11-35(36)39-27-34(21-22-37(39)41(40)29-44(42)51)57(56,45-23-19-32-17-15-30-9-7-25-52-47(30)49(32)54-45)46-24-20-33-18-16-31-10-8-26-53-48(31)50(33)55-46/h3-29H,1-2H3. The third-order valence-corrected chi connectivity index (χ3v) is 15.2. The average Bonchev–Trinajstić information content (AvgIpc) is 3.49. The molecule has 0 amide bonds. The molecule has 11 aromatic rings. The summed E-state index contributed by atoms with van der Waals surface area (Å²) < 4.78 is 16.6. The Morgan fingerprint density at radius 2 is 0.930 bits per heavy atom. The third-order valence-electron chi connectivity index (χ3n) is 12.4. The predicted octanol–water partition coefficient (Wildman–Crippen LogP) is 11.3. The van der Waals surface area contributed by atoms with Crippen molar-refractivity contribution in [3.05, 3.63) is 175 Å². The van der Waals surface area contributed by atoms with Crippen molar-refractivity contribution in [1.82, 2.24) is 19.9 Å². The molecule has 7 aromatic carbocycles. The van der Waals surface area contributed by atoms with Crippen LogP contribution in [0.4, 0.5) is 0 Å². The van der Waals surface area contributed by atoms with Gasteiger partial charge < -0.3 is 4.57 Å². The van der Waals surface area contributed by atoms with E-state index in [1.807, 2.05) is 54.6 Å². The largest absolute Gasteiger partial charge is 0.305 e. The number of nitrogens with zero attached hydrogens (tertiary/aromatic N) is 4. The van der Waals surface area contributed by atoms with E-state index in [-0.39, 0.29) is 5.41 Å². The first-order valence-corrected chi connectivity index (χ1v) is 21.0. The number of benzene rings is 7. The summed E-state index contributed by atoms with van der Waals surface area (Å²) in [5, 5.41) is 11.4. The van der Waals surface area contributed by atoms with Gasteiger partial charge >= 0.3 is 0 Å². The molecule has 0 saturated carbocycles. The Hall–Kier alpha value is -6.81. The molecule has 268 valence electrons. The van der Waals surface area contributed by atoms with Crippen molar-refractivity contribution in [2.24, 2.45) is 0 Å². The molecule has 12 rings (SSSR count). The van der Waals surface area contributed by atoms with Gasteiger partial charge in [0.1, 0.15) is 10.9 Å². The molecule has 0 atom stereocenters. The van der Waals surface area contributed by atoms with Gasteiger partial charge in [-0.1, -0.05) is 123 Å². The van der Waals surface area contributed by atoms with Crippen LogP contribution in [0.15, 0.2) is 164 Å². The van der Waals surface area contributed by atoms with E-state index >= 15 is 4.57 Å². The number of aromatic nitrogens is 4. The fourth-order valence-corrected chi connectivity index (χ4v) is 11.9. The topological polar surface area (TPSA) is 68.6 Å². The highest BCUT2D eigenvalue weighted by atomic mass is 31.2. The molecule has 0 spiro atoms. The molecule has 5 nitrogen and oxygen atoms in total. The van der Waals surface area contributed by atoms with Crippen LogP contribution in [0.2, 0.25) is 0 Å². The summed E-state index contributed by atoms with van der Waals surface area (Å²) >= 11 is 0. The molecule has 0 saturated heterocycles. The highest BCUT2D eigenvalue weighted by molar-refractivity contribution is 7.85. The maximum absolute atomic E-state index is 16.6. The summed E-state index contributed by atoms with van der Waals surface area (Å²) in [5.74, 6) is 0. The maximum atomic E-state index is 16.6. The zero-order valence-electron chi connectivity index (χ0n) is 31.2. The summed E-state index contributed by atoms with van der Waals surface area (Å²) in [4.78, 5) is 20.0. The van der Waals surface area contributed by atoms with Crippen LogP contribution in [-0.4, -0.2) is 19.9 Å². The second-order valence-corrected chi connectivity index (χ2v) is 18.4. The molecule has 57 heavy (non-hydrogen) atoms. The van der Waals surface area contributed by atoms with E-state index in [1.165, 1.54) is 38.4 Å². The number of fused-ring (bicyclic) bond motifs is 15. The van der Waals surface area contributed by atoms with E-state index < -0.39 is 7.14 Å². The minimum atomic E-state index is -3.74. The Bertz CT molecular complexity index is 3490. The van der Waals surface area contributed by atoms with E-state index in [2.05, 4.69) is 111 Å². The lowest BCUT2D eigenvalue weighted by Crippen LogP contribution is -2.29. The van der Waals surface area contributed by atoms with E-state index in [1.54, 1.807) is 12.4 Å². The van der Waals surface area contributed by atoms with Crippen molar-refractivity contribution in [2.45, 2.75) is 19.3 Å². The smallest absolute Gasteiger partial charge is 0.206 e. The SMILES string of the molecule is CC1(C)c2ccccc2-c2cc3c4ccccc4c4cc(P(=O)(c5ccc6ccc7cccnc7c6n5)c5ccc6ccc7cccnc7c6n5)ccc4c3cc21. The van der Waals surface area contributed by atoms with Crippen molar-refractivity contribution < 1.29 is 4.57 Å². The molecular formula is C51H33N4OP. The van der Waals surface area contributed by atoms with Crippen molar-refractivity contribution in [1.29, 1.82) is 0 Å². The number of pyridine rings is 4. The van der Waals surface area contributed by atoms with Gasteiger partial charge in [-0.25, -0.2) is 9.97 Å². The quantitative estimate of drug-likeness (QED) is 0.133. The predicted molar refractivity (Wildman–Crippen MR) is 237 cm³/mol. The Morgan fingerprint density at radius 3 is 1.56 bits per heavy atom. The van der Waals surface area contributed by atoms with Crippen LogP contribution in [0.5, 0.6) is 0 Å². The summed E-state index contributed by atoms with van der Waals surface area (Å²) in [5.41, 5.74) is 9.05. The number of hydrogen-bond acceptors (Lipinski definition) is 5. The summed E-state index contributed by atoms with van der Waals surface area (Å²) in [7, 11) is -3.74. The third kappa shape index (κ3) is 4.49. The van der Waals surface area contributed by atoms with Crippen LogP contribution in [-0.2, 0) is 9.98 Å². The van der Waals surface area contributed by atoms with Gasteiger partial charge in [0, 0.05) is 44.7 Å². The highest BCUT2D eigenvalue weighted by Crippen LogP contribution is 2.52. The van der Waals surface area contributed by atoms with Gasteiger partial charge in [-0.3, -0.25) is 9.97 Å². The van der Waals surface area contributed by atoms with Gasteiger partial charge in [-0.15, -0.1) is 0 Å². The van der Waals surface area contributed by atoms with Crippen LogP contribution >= 0.6 is 7.14 Å². The first-order valence-electron chi connectivity index (χ1n) is 19.3. The summed E-state index contributed by atoms with van der Waals surface area (Å²) in [6.07, 6.45) is 3.57. The van der Waals surface area contributed by atoms with Crippen LogP contribution in [0.25, 0.3) is 87.1 Å². The fourth-order valence-electron chi connectivity index (χ4n) is 9.49. The van der Waals surface area contributed by atoms with E-state index in [4.69, 9.17) is 19.9 Å². The minimum absolute atomic E-state index is 0.144. The first kappa shape index (κ1) is 32.4. The molecule has 0 N–H and O–H groups in total. The molecule has 0 fully saturated rings. The van der Waals surface area contributed by atoms with Crippen molar-refractivity contribution in [2.75, 3.05) is 0 Å². The molecule has 0 bridgehead atoms. The molecule has 1 aliphatic carbocycles. The molecule has 6 heteroatoms. The van der Waals surface area contributed by atoms with E-state index in [0.29, 0.717) is 27.2 Å². The zero-order chi connectivity index (χ0) is 38.0. The van der Waals surface area contributed by atoms with Crippen molar-refractivity contribution in [3.8, 4) is 11.1 Å². The van der Waals surface area contributed by atoms with Crippen molar-refractivity contribution >= 4 is 99.2 Å². The summed E-state index contributed by atoms with van der Waals surface area (Å²) in [6.45, 7) is 4.65. The average molecular weight is 749 g/mol. The summed E-state index contributed by atoms with van der Waals surface area (Å²) in [6, 6.07) is 52.6. The monoisotopic (exact) mass is 748 g/mol. The van der Waals surface area contributed by atoms with Crippen LogP contribution in [0.3, 0.4) is 0 Å². The second-order valence-electron chi connectivity index (χ2n) is 15.8. The minimum Gasteiger partial charge on any atom is -0.305 e. The van der Waals surface area contributed by atoms with Gasteiger partial charge in [0.2, 0.25) is 7.14 Å². The Kier molecular flexibility index (Phi) is 6.61. The van der Waals surface area contributed by atoms with Crippen LogP contribution < -0.4 is 16.2 Å². The lowest BCUT2D eigenvalue weighted by molar-refractivity contribution is 0.591. The Morgan fingerprint density at radius 1 is 0.421 bits per heavy atom. The second kappa shape index (κ2) is 11.6.